The van der Waals surface area contributed by atoms with Gasteiger partial charge in [0.15, 0.2) is 0 Å². The molecule has 0 unspecified atom stereocenters. The first-order chi connectivity index (χ1) is 11.7. The third-order valence-corrected chi connectivity index (χ3v) is 6.74. The van der Waals surface area contributed by atoms with Gasteiger partial charge in [-0.15, -0.1) is 0 Å². The molecule has 10 heteroatoms. The van der Waals surface area contributed by atoms with Gasteiger partial charge in [-0.25, -0.2) is 8.42 Å². The number of halogens is 1. The first kappa shape index (κ1) is 18.2. The molecule has 25 heavy (non-hydrogen) atoms. The van der Waals surface area contributed by atoms with E-state index in [1.807, 2.05) is 19.0 Å². The molecule has 136 valence electrons. The molecule has 0 atom stereocenters. The van der Waals surface area contributed by atoms with Gasteiger partial charge in [0, 0.05) is 37.0 Å². The zero-order valence-corrected chi connectivity index (χ0v) is 16.3. The molecule has 0 aliphatic carbocycles. The quantitative estimate of drug-likeness (QED) is 0.754. The fourth-order valence-electron chi connectivity index (χ4n) is 2.99. The molecule has 3 rings (SSSR count). The summed E-state index contributed by atoms with van der Waals surface area (Å²) >= 11 is 3.46. The maximum Gasteiger partial charge on any atom is 0.266 e. The second kappa shape index (κ2) is 6.60. The number of benzene rings is 1. The molecule has 0 bridgehead atoms. The number of morpholine rings is 1. The number of rotatable bonds is 4. The first-order valence-electron chi connectivity index (χ1n) is 7.64. The third kappa shape index (κ3) is 3.03. The van der Waals surface area contributed by atoms with Gasteiger partial charge < -0.3 is 20.4 Å². The van der Waals surface area contributed by atoms with Crippen LogP contribution in [0.25, 0.3) is 10.9 Å². The van der Waals surface area contributed by atoms with Crippen molar-refractivity contribution in [2.24, 2.45) is 5.73 Å². The van der Waals surface area contributed by atoms with Crippen LogP contribution in [0.4, 0.5) is 5.69 Å². The number of amides is 1. The number of primary amides is 1. The summed E-state index contributed by atoms with van der Waals surface area (Å²) in [6.45, 7) is 1.12. The number of hydrogen-bond acceptors (Lipinski definition) is 5. The number of carbonyl (C=O) groups excluding carboxylic acids is 1. The van der Waals surface area contributed by atoms with Crippen LogP contribution in [0.3, 0.4) is 0 Å². The van der Waals surface area contributed by atoms with E-state index in [0.29, 0.717) is 24.1 Å². The Kier molecular flexibility index (Phi) is 4.80. The Balaban J connectivity index is 2.32. The number of nitrogens with two attached hydrogens (primary N) is 1. The minimum atomic E-state index is -3.89. The predicted molar refractivity (Wildman–Crippen MR) is 98.4 cm³/mol. The molecule has 3 N–H and O–H groups in total. The summed E-state index contributed by atoms with van der Waals surface area (Å²) in [6.07, 6.45) is 0. The molecule has 0 radical (unpaired) electrons. The van der Waals surface area contributed by atoms with E-state index in [1.165, 1.54) is 4.31 Å². The number of H-pyrrole nitrogens is 1. The predicted octanol–water partition coefficient (Wildman–Crippen LogP) is 1.12. The number of nitrogens with one attached hydrogen (secondary N) is 1. The highest BCUT2D eigenvalue weighted by molar-refractivity contribution is 9.10. The lowest BCUT2D eigenvalue weighted by Crippen LogP contribution is -2.41. The Morgan fingerprint density at radius 1 is 1.32 bits per heavy atom. The monoisotopic (exact) mass is 430 g/mol. The van der Waals surface area contributed by atoms with E-state index >= 15 is 0 Å². The molecule has 1 aromatic heterocycles. The van der Waals surface area contributed by atoms with Crippen molar-refractivity contribution in [3.8, 4) is 0 Å². The molecule has 1 aromatic carbocycles. The lowest BCUT2D eigenvalue weighted by atomic mass is 10.2. The zero-order chi connectivity index (χ0) is 18.4. The second-order valence-electron chi connectivity index (χ2n) is 5.92. The van der Waals surface area contributed by atoms with Gasteiger partial charge >= 0.3 is 0 Å². The van der Waals surface area contributed by atoms with Gasteiger partial charge in [0.05, 0.1) is 24.4 Å². The van der Waals surface area contributed by atoms with E-state index < -0.39 is 15.9 Å². The summed E-state index contributed by atoms with van der Waals surface area (Å²) in [6, 6.07) is 3.43. The van der Waals surface area contributed by atoms with Gasteiger partial charge in [-0.05, 0) is 22.0 Å². The number of ether oxygens (including phenoxy) is 1. The van der Waals surface area contributed by atoms with E-state index in [4.69, 9.17) is 10.5 Å². The molecule has 1 fully saturated rings. The SMILES string of the molecule is CN(C)c1c(Br)ccc2c(S(=O)(=O)N3CCOCC3)c(C(N)=O)[nH]c12. The van der Waals surface area contributed by atoms with Crippen LogP contribution in [0.1, 0.15) is 10.5 Å². The number of carbonyl (C=O) groups is 1. The maximum atomic E-state index is 13.2. The summed E-state index contributed by atoms with van der Waals surface area (Å²) in [5.41, 5.74) is 6.64. The van der Waals surface area contributed by atoms with Gasteiger partial charge in [0.2, 0.25) is 10.0 Å². The summed E-state index contributed by atoms with van der Waals surface area (Å²) < 4.78 is 33.7. The third-order valence-electron chi connectivity index (χ3n) is 4.11. The van der Waals surface area contributed by atoms with Crippen molar-refractivity contribution in [2.75, 3.05) is 45.3 Å². The maximum absolute atomic E-state index is 13.2. The molecule has 1 saturated heterocycles. The molecule has 1 aliphatic rings. The minimum absolute atomic E-state index is 0.0764. The van der Waals surface area contributed by atoms with Crippen LogP contribution in [-0.2, 0) is 14.8 Å². The van der Waals surface area contributed by atoms with Crippen molar-refractivity contribution in [1.82, 2.24) is 9.29 Å². The summed E-state index contributed by atoms with van der Waals surface area (Å²) in [5, 5.41) is 0.437. The van der Waals surface area contributed by atoms with Crippen molar-refractivity contribution in [3.05, 3.63) is 22.3 Å². The summed E-state index contributed by atoms with van der Waals surface area (Å²) in [4.78, 5) is 16.6. The van der Waals surface area contributed by atoms with Crippen molar-refractivity contribution >= 4 is 48.5 Å². The Labute approximate surface area is 154 Å². The molecular weight excluding hydrogens is 412 g/mol. The van der Waals surface area contributed by atoms with Gasteiger partial charge in [-0.2, -0.15) is 4.31 Å². The molecular formula is C15H19BrN4O4S. The highest BCUT2D eigenvalue weighted by Gasteiger charge is 2.34. The summed E-state index contributed by atoms with van der Waals surface area (Å²) in [7, 11) is -0.221. The van der Waals surface area contributed by atoms with Crippen molar-refractivity contribution in [1.29, 1.82) is 0 Å². The van der Waals surface area contributed by atoms with Crippen LogP contribution in [0.15, 0.2) is 21.5 Å². The van der Waals surface area contributed by atoms with Gasteiger partial charge in [-0.3, -0.25) is 4.79 Å². The van der Waals surface area contributed by atoms with Crippen molar-refractivity contribution in [2.45, 2.75) is 4.90 Å². The fourth-order valence-corrected chi connectivity index (χ4v) is 5.42. The highest BCUT2D eigenvalue weighted by atomic mass is 79.9. The number of anilines is 1. The number of nitrogens with zero attached hydrogens (tertiary/aromatic N) is 2. The average molecular weight is 431 g/mol. The largest absolute Gasteiger partial charge is 0.379 e. The topological polar surface area (TPSA) is 109 Å². The summed E-state index contributed by atoms with van der Waals surface area (Å²) in [5.74, 6) is -0.816. The van der Waals surface area contributed by atoms with Crippen molar-refractivity contribution in [3.63, 3.8) is 0 Å². The van der Waals surface area contributed by atoms with Gasteiger partial charge in [0.1, 0.15) is 10.6 Å². The molecule has 2 heterocycles. The Hall–Kier alpha value is -1.62. The molecule has 2 aromatic rings. The number of sulfonamides is 1. The van der Waals surface area contributed by atoms with E-state index in [0.717, 1.165) is 10.2 Å². The second-order valence-corrected chi connectivity index (χ2v) is 8.65. The van der Waals surface area contributed by atoms with E-state index in [-0.39, 0.29) is 23.7 Å². The van der Waals surface area contributed by atoms with Crippen LogP contribution in [0, 0.1) is 0 Å². The standard InChI is InChI=1S/C15H19BrN4O4S/c1-19(2)13-10(16)4-3-9-11(13)18-12(15(17)21)14(9)25(22,23)20-5-7-24-8-6-20/h3-4,18H,5-8H2,1-2H3,(H2,17,21). The van der Waals surface area contributed by atoms with Crippen LogP contribution >= 0.6 is 15.9 Å². The normalized spacial score (nSPS) is 16.3. The van der Waals surface area contributed by atoms with Crippen LogP contribution in [0.2, 0.25) is 0 Å². The van der Waals surface area contributed by atoms with Gasteiger partial charge in [-0.1, -0.05) is 6.07 Å². The number of hydrogen-bond donors (Lipinski definition) is 2. The van der Waals surface area contributed by atoms with Crippen LogP contribution in [0.5, 0.6) is 0 Å². The number of fused-ring (bicyclic) bond motifs is 1. The Morgan fingerprint density at radius 3 is 2.52 bits per heavy atom. The lowest BCUT2D eigenvalue weighted by Gasteiger charge is -2.26. The van der Waals surface area contributed by atoms with Crippen molar-refractivity contribution < 1.29 is 17.9 Å². The fraction of sp³-hybridized carbons (Fsp3) is 0.400. The van der Waals surface area contributed by atoms with Crippen LogP contribution in [-0.4, -0.2) is 64.0 Å². The molecule has 0 spiro atoms. The van der Waals surface area contributed by atoms with E-state index in [2.05, 4.69) is 20.9 Å². The first-order valence-corrected chi connectivity index (χ1v) is 9.87. The average Bonchev–Trinajstić information content (AvgIpc) is 2.95. The lowest BCUT2D eigenvalue weighted by molar-refractivity contribution is 0.0730. The molecule has 1 aliphatic heterocycles. The number of aromatic amines is 1. The van der Waals surface area contributed by atoms with E-state index in [9.17, 15) is 13.2 Å². The van der Waals surface area contributed by atoms with E-state index in [1.54, 1.807) is 12.1 Å². The highest BCUT2D eigenvalue weighted by Crippen LogP contribution is 2.38. The molecule has 0 saturated carbocycles. The number of aromatic nitrogens is 1. The van der Waals surface area contributed by atoms with Crippen LogP contribution < -0.4 is 10.6 Å². The Bertz CT molecular complexity index is 933. The molecule has 8 nitrogen and oxygen atoms in total. The molecule has 1 amide bonds. The zero-order valence-electron chi connectivity index (χ0n) is 13.9. The Morgan fingerprint density at radius 2 is 1.96 bits per heavy atom. The van der Waals surface area contributed by atoms with Gasteiger partial charge in [0.25, 0.3) is 5.91 Å². The smallest absolute Gasteiger partial charge is 0.266 e. The minimum Gasteiger partial charge on any atom is -0.379 e.